The molecule has 0 heterocycles. The lowest BCUT2D eigenvalue weighted by molar-refractivity contribution is 1.16. The van der Waals surface area contributed by atoms with Crippen LogP contribution in [-0.2, 0) is 0 Å². The molecule has 0 bridgehead atoms. The van der Waals surface area contributed by atoms with Crippen LogP contribution in [0, 0.1) is 62.3 Å². The van der Waals surface area contributed by atoms with Crippen molar-refractivity contribution in [3.63, 3.8) is 0 Å². The van der Waals surface area contributed by atoms with Crippen LogP contribution < -0.4 is 0 Å². The monoisotopic (exact) mass is 314 g/mol. The summed E-state index contributed by atoms with van der Waals surface area (Å²) < 4.78 is 0. The second-order valence-corrected chi connectivity index (χ2v) is 7.07. The average Bonchev–Trinajstić information content (AvgIpc) is 2.50. The Bertz CT molecular complexity index is 654. The molecular formula is C21H27Cl. The number of halogens is 1. The molecule has 0 atom stereocenters. The van der Waals surface area contributed by atoms with Crippen LogP contribution in [-0.4, -0.2) is 0 Å². The molecule has 0 amide bonds. The lowest BCUT2D eigenvalue weighted by Crippen LogP contribution is -2.04. The second kappa shape index (κ2) is 5.74. The summed E-state index contributed by atoms with van der Waals surface area (Å²) in [5.41, 5.74) is 14.8. The van der Waals surface area contributed by atoms with Crippen LogP contribution in [0.2, 0.25) is 5.02 Å². The molecule has 2 rings (SSSR count). The van der Waals surface area contributed by atoms with E-state index in [2.05, 4.69) is 62.3 Å². The molecule has 0 radical (unpaired) electrons. The smallest absolute Gasteiger partial charge is 0.0470 e. The van der Waals surface area contributed by atoms with Crippen molar-refractivity contribution in [2.24, 2.45) is 0 Å². The van der Waals surface area contributed by atoms with Gasteiger partial charge in [0, 0.05) is 5.02 Å². The SMILES string of the molecule is Cc1c(C)c(C)c(-c2c(C)c(C)c(Cl)c(C)c2C)c(C)c1C. The zero-order valence-electron chi connectivity index (χ0n) is 15.4. The molecule has 0 saturated carbocycles. The van der Waals surface area contributed by atoms with Crippen LogP contribution in [0.4, 0.5) is 0 Å². The van der Waals surface area contributed by atoms with E-state index in [9.17, 15) is 0 Å². The largest absolute Gasteiger partial charge is 0.0837 e. The molecule has 0 spiro atoms. The molecule has 0 aliphatic carbocycles. The molecule has 2 aromatic rings. The van der Waals surface area contributed by atoms with Crippen molar-refractivity contribution in [2.75, 3.05) is 0 Å². The van der Waals surface area contributed by atoms with Crippen LogP contribution in [0.1, 0.15) is 50.1 Å². The lowest BCUT2D eigenvalue weighted by Gasteiger charge is -2.24. The molecule has 0 aliphatic heterocycles. The fourth-order valence-corrected chi connectivity index (χ4v) is 3.80. The predicted molar refractivity (Wildman–Crippen MR) is 99.5 cm³/mol. The van der Waals surface area contributed by atoms with Gasteiger partial charge in [-0.2, -0.15) is 0 Å². The third-order valence-electron chi connectivity index (χ3n) is 5.78. The maximum Gasteiger partial charge on any atom is 0.0470 e. The van der Waals surface area contributed by atoms with Crippen molar-refractivity contribution in [3.8, 4) is 11.1 Å². The Kier molecular flexibility index (Phi) is 4.46. The third kappa shape index (κ3) is 2.29. The van der Waals surface area contributed by atoms with Crippen LogP contribution >= 0.6 is 11.6 Å². The highest BCUT2D eigenvalue weighted by molar-refractivity contribution is 6.32. The molecule has 0 nitrogen and oxygen atoms in total. The van der Waals surface area contributed by atoms with Crippen molar-refractivity contribution in [2.45, 2.75) is 62.3 Å². The highest BCUT2D eigenvalue weighted by atomic mass is 35.5. The maximum absolute atomic E-state index is 6.51. The Labute approximate surface area is 140 Å². The van der Waals surface area contributed by atoms with E-state index in [-0.39, 0.29) is 0 Å². The van der Waals surface area contributed by atoms with Gasteiger partial charge in [-0.05, 0) is 124 Å². The van der Waals surface area contributed by atoms with Gasteiger partial charge in [0.25, 0.3) is 0 Å². The van der Waals surface area contributed by atoms with Gasteiger partial charge in [-0.25, -0.2) is 0 Å². The minimum absolute atomic E-state index is 0.912. The molecule has 2 aromatic carbocycles. The summed E-state index contributed by atoms with van der Waals surface area (Å²) in [6, 6.07) is 0. The van der Waals surface area contributed by atoms with Crippen LogP contribution in [0.3, 0.4) is 0 Å². The van der Waals surface area contributed by atoms with Crippen molar-refractivity contribution in [1.82, 2.24) is 0 Å². The molecule has 118 valence electrons. The lowest BCUT2D eigenvalue weighted by atomic mass is 9.81. The minimum Gasteiger partial charge on any atom is -0.0837 e. The van der Waals surface area contributed by atoms with Crippen molar-refractivity contribution < 1.29 is 0 Å². The second-order valence-electron chi connectivity index (χ2n) is 6.69. The quantitative estimate of drug-likeness (QED) is 0.544. The van der Waals surface area contributed by atoms with Crippen molar-refractivity contribution in [1.29, 1.82) is 0 Å². The first-order valence-electron chi connectivity index (χ1n) is 7.94. The zero-order valence-corrected chi connectivity index (χ0v) is 16.1. The van der Waals surface area contributed by atoms with Gasteiger partial charge in [0.1, 0.15) is 0 Å². The van der Waals surface area contributed by atoms with Gasteiger partial charge in [0.2, 0.25) is 0 Å². The molecule has 0 aromatic heterocycles. The first-order chi connectivity index (χ1) is 10.1. The van der Waals surface area contributed by atoms with Crippen LogP contribution in [0.5, 0.6) is 0 Å². The van der Waals surface area contributed by atoms with E-state index < -0.39 is 0 Å². The normalized spacial score (nSPS) is 11.2. The van der Waals surface area contributed by atoms with Gasteiger partial charge in [0.05, 0.1) is 0 Å². The summed E-state index contributed by atoms with van der Waals surface area (Å²) >= 11 is 6.51. The Morgan fingerprint density at radius 3 is 0.909 bits per heavy atom. The summed E-state index contributed by atoms with van der Waals surface area (Å²) in [5, 5.41) is 0.912. The molecule has 0 N–H and O–H groups in total. The van der Waals surface area contributed by atoms with Gasteiger partial charge in [0.15, 0.2) is 0 Å². The third-order valence-corrected chi connectivity index (χ3v) is 6.35. The molecule has 0 aliphatic rings. The maximum atomic E-state index is 6.51. The Morgan fingerprint density at radius 2 is 0.591 bits per heavy atom. The Hall–Kier alpha value is -1.27. The fourth-order valence-electron chi connectivity index (χ4n) is 3.52. The molecule has 0 fully saturated rings. The molecular weight excluding hydrogens is 288 g/mol. The van der Waals surface area contributed by atoms with E-state index in [1.807, 2.05) is 0 Å². The first kappa shape index (κ1) is 17.1. The Morgan fingerprint density at radius 1 is 0.364 bits per heavy atom. The van der Waals surface area contributed by atoms with Gasteiger partial charge >= 0.3 is 0 Å². The van der Waals surface area contributed by atoms with Crippen LogP contribution in [0.25, 0.3) is 11.1 Å². The fraction of sp³-hybridized carbons (Fsp3) is 0.429. The average molecular weight is 315 g/mol. The molecule has 1 heteroatoms. The van der Waals surface area contributed by atoms with Gasteiger partial charge in [-0.3, -0.25) is 0 Å². The van der Waals surface area contributed by atoms with Gasteiger partial charge < -0.3 is 0 Å². The number of rotatable bonds is 1. The predicted octanol–water partition coefficient (Wildman–Crippen LogP) is 6.78. The van der Waals surface area contributed by atoms with E-state index in [4.69, 9.17) is 11.6 Å². The van der Waals surface area contributed by atoms with Gasteiger partial charge in [-0.15, -0.1) is 0 Å². The zero-order chi connectivity index (χ0) is 16.9. The summed E-state index contributed by atoms with van der Waals surface area (Å²) in [4.78, 5) is 0. The molecule has 0 saturated heterocycles. The molecule has 22 heavy (non-hydrogen) atoms. The number of benzene rings is 2. The topological polar surface area (TPSA) is 0 Å². The standard InChI is InChI=1S/C21H27Cl/c1-10-11(2)13(4)19(14(5)12(10)3)20-15(6)17(8)21(22)18(9)16(20)7/h1-9H3. The van der Waals surface area contributed by atoms with E-state index in [0.717, 1.165) is 5.02 Å². The van der Waals surface area contributed by atoms with Crippen LogP contribution in [0.15, 0.2) is 0 Å². The molecule has 0 unspecified atom stereocenters. The summed E-state index contributed by atoms with van der Waals surface area (Å²) in [5.74, 6) is 0. The van der Waals surface area contributed by atoms with E-state index in [0.29, 0.717) is 0 Å². The summed E-state index contributed by atoms with van der Waals surface area (Å²) in [7, 11) is 0. The van der Waals surface area contributed by atoms with E-state index >= 15 is 0 Å². The highest BCUT2D eigenvalue weighted by Crippen LogP contribution is 2.41. The number of hydrogen-bond donors (Lipinski definition) is 0. The summed E-state index contributed by atoms with van der Waals surface area (Å²) in [6.45, 7) is 19.9. The van der Waals surface area contributed by atoms with Crippen molar-refractivity contribution in [3.05, 3.63) is 55.1 Å². The van der Waals surface area contributed by atoms with E-state index in [1.165, 1.54) is 61.2 Å². The van der Waals surface area contributed by atoms with Crippen molar-refractivity contribution >= 4 is 11.6 Å². The first-order valence-corrected chi connectivity index (χ1v) is 8.32. The Balaban J connectivity index is 3.03. The number of hydrogen-bond acceptors (Lipinski definition) is 0. The van der Waals surface area contributed by atoms with E-state index in [1.54, 1.807) is 0 Å². The van der Waals surface area contributed by atoms with Gasteiger partial charge in [-0.1, -0.05) is 11.6 Å². The summed E-state index contributed by atoms with van der Waals surface area (Å²) in [6.07, 6.45) is 0. The minimum atomic E-state index is 0.912. The highest BCUT2D eigenvalue weighted by Gasteiger charge is 2.20.